The summed E-state index contributed by atoms with van der Waals surface area (Å²) in [5.41, 5.74) is 1.40. The Kier molecular flexibility index (Phi) is 4.44. The molecule has 2 N–H and O–H groups in total. The highest BCUT2D eigenvalue weighted by molar-refractivity contribution is 6.58. The average molecular weight is 258 g/mol. The molecule has 0 aromatic heterocycles. The Morgan fingerprint density at radius 1 is 0.947 bits per heavy atom. The van der Waals surface area contributed by atoms with Crippen molar-refractivity contribution in [3.05, 3.63) is 54.1 Å². The molecule has 98 valence electrons. The van der Waals surface area contributed by atoms with Crippen molar-refractivity contribution in [2.24, 2.45) is 0 Å². The van der Waals surface area contributed by atoms with Crippen LogP contribution in [0.4, 0.5) is 0 Å². The van der Waals surface area contributed by atoms with Crippen LogP contribution in [0.25, 0.3) is 0 Å². The lowest BCUT2D eigenvalue weighted by atomic mass is 9.80. The number of benzene rings is 2. The second-order valence-electron chi connectivity index (χ2n) is 4.05. The quantitative estimate of drug-likeness (QED) is 0.784. The molecule has 19 heavy (non-hydrogen) atoms. The lowest BCUT2D eigenvalue weighted by Crippen LogP contribution is -2.29. The molecule has 0 atom stereocenters. The van der Waals surface area contributed by atoms with E-state index in [1.54, 1.807) is 31.4 Å². The first-order valence-electron chi connectivity index (χ1n) is 5.91. The summed E-state index contributed by atoms with van der Waals surface area (Å²) in [6, 6.07) is 14.3. The Labute approximate surface area is 112 Å². The van der Waals surface area contributed by atoms with E-state index in [1.807, 2.05) is 24.3 Å². The summed E-state index contributed by atoms with van der Waals surface area (Å²) in [6.45, 7) is 0.391. The van der Waals surface area contributed by atoms with Crippen LogP contribution in [0.3, 0.4) is 0 Å². The second-order valence-corrected chi connectivity index (χ2v) is 4.05. The summed E-state index contributed by atoms with van der Waals surface area (Å²) in [6.07, 6.45) is 0. The van der Waals surface area contributed by atoms with Crippen molar-refractivity contribution in [3.63, 3.8) is 0 Å². The van der Waals surface area contributed by atoms with Crippen molar-refractivity contribution in [1.29, 1.82) is 0 Å². The van der Waals surface area contributed by atoms with E-state index >= 15 is 0 Å². The van der Waals surface area contributed by atoms with Crippen LogP contribution in [-0.2, 0) is 6.61 Å². The molecule has 0 radical (unpaired) electrons. The Balaban J connectivity index is 2.02. The minimum Gasteiger partial charge on any atom is -0.493 e. The summed E-state index contributed by atoms with van der Waals surface area (Å²) in [4.78, 5) is 0. The zero-order valence-corrected chi connectivity index (χ0v) is 10.6. The van der Waals surface area contributed by atoms with Crippen LogP contribution in [0.1, 0.15) is 5.56 Å². The summed E-state index contributed by atoms with van der Waals surface area (Å²) in [5, 5.41) is 18.0. The monoisotopic (exact) mass is 258 g/mol. The van der Waals surface area contributed by atoms with E-state index in [4.69, 9.17) is 19.5 Å². The molecule has 0 heterocycles. The van der Waals surface area contributed by atoms with Gasteiger partial charge in [0.15, 0.2) is 11.5 Å². The third kappa shape index (κ3) is 3.50. The average Bonchev–Trinajstić information content (AvgIpc) is 2.45. The number of hydrogen-bond acceptors (Lipinski definition) is 4. The highest BCUT2D eigenvalue weighted by Gasteiger charge is 2.10. The Morgan fingerprint density at radius 3 is 2.16 bits per heavy atom. The van der Waals surface area contributed by atoms with Gasteiger partial charge in [-0.05, 0) is 23.2 Å². The van der Waals surface area contributed by atoms with Crippen LogP contribution in [-0.4, -0.2) is 24.3 Å². The first-order chi connectivity index (χ1) is 9.20. The van der Waals surface area contributed by atoms with Crippen molar-refractivity contribution in [2.45, 2.75) is 6.61 Å². The number of ether oxygens (including phenoxy) is 2. The maximum absolute atomic E-state index is 9.00. The SMILES string of the molecule is COc1ccccc1OCc1ccc(B(O)O)cc1. The third-order valence-corrected chi connectivity index (χ3v) is 2.74. The molecular weight excluding hydrogens is 243 g/mol. The smallest absolute Gasteiger partial charge is 0.488 e. The summed E-state index contributed by atoms with van der Waals surface area (Å²) in [7, 11) is 0.156. The van der Waals surface area contributed by atoms with Gasteiger partial charge >= 0.3 is 7.12 Å². The predicted octanol–water partition coefficient (Wildman–Crippen LogP) is 0.954. The summed E-state index contributed by atoms with van der Waals surface area (Å²) < 4.78 is 10.9. The van der Waals surface area contributed by atoms with Crippen LogP contribution in [0.15, 0.2) is 48.5 Å². The van der Waals surface area contributed by atoms with Crippen LogP contribution < -0.4 is 14.9 Å². The molecule has 0 saturated carbocycles. The fourth-order valence-corrected chi connectivity index (χ4v) is 1.69. The molecule has 4 nitrogen and oxygen atoms in total. The molecule has 0 aliphatic carbocycles. The van der Waals surface area contributed by atoms with Crippen LogP contribution >= 0.6 is 0 Å². The predicted molar refractivity (Wildman–Crippen MR) is 73.6 cm³/mol. The van der Waals surface area contributed by atoms with E-state index in [9.17, 15) is 0 Å². The van der Waals surface area contributed by atoms with Crippen LogP contribution in [0, 0.1) is 0 Å². The number of para-hydroxylation sites is 2. The zero-order chi connectivity index (χ0) is 13.7. The lowest BCUT2D eigenvalue weighted by Gasteiger charge is -2.10. The number of hydrogen-bond donors (Lipinski definition) is 2. The van der Waals surface area contributed by atoms with E-state index in [0.717, 1.165) is 5.56 Å². The van der Waals surface area contributed by atoms with Crippen molar-refractivity contribution < 1.29 is 19.5 Å². The van der Waals surface area contributed by atoms with Gasteiger partial charge in [-0.25, -0.2) is 0 Å². The van der Waals surface area contributed by atoms with Gasteiger partial charge in [-0.2, -0.15) is 0 Å². The van der Waals surface area contributed by atoms with E-state index in [-0.39, 0.29) is 0 Å². The lowest BCUT2D eigenvalue weighted by molar-refractivity contribution is 0.284. The van der Waals surface area contributed by atoms with E-state index < -0.39 is 7.12 Å². The van der Waals surface area contributed by atoms with Gasteiger partial charge in [-0.1, -0.05) is 36.4 Å². The molecule has 0 saturated heterocycles. The fraction of sp³-hybridized carbons (Fsp3) is 0.143. The molecular formula is C14H15BO4. The number of methoxy groups -OCH3 is 1. The molecule has 2 aromatic carbocycles. The Hall–Kier alpha value is -1.98. The number of rotatable bonds is 5. The standard InChI is InChI=1S/C14H15BO4/c1-18-13-4-2-3-5-14(13)19-10-11-6-8-12(9-7-11)15(16)17/h2-9,16-17H,10H2,1H3. The van der Waals surface area contributed by atoms with Gasteiger partial charge in [0.1, 0.15) is 6.61 Å². The Bertz CT molecular complexity index is 525. The molecule has 0 fully saturated rings. The van der Waals surface area contributed by atoms with Gasteiger partial charge in [-0.15, -0.1) is 0 Å². The summed E-state index contributed by atoms with van der Waals surface area (Å²) >= 11 is 0. The van der Waals surface area contributed by atoms with Crippen LogP contribution in [0.2, 0.25) is 0 Å². The largest absolute Gasteiger partial charge is 0.493 e. The molecule has 0 bridgehead atoms. The molecule has 0 amide bonds. The van der Waals surface area contributed by atoms with Crippen molar-refractivity contribution >= 4 is 12.6 Å². The van der Waals surface area contributed by atoms with E-state index in [2.05, 4.69) is 0 Å². The Morgan fingerprint density at radius 2 is 1.58 bits per heavy atom. The highest BCUT2D eigenvalue weighted by Crippen LogP contribution is 2.26. The topological polar surface area (TPSA) is 58.9 Å². The van der Waals surface area contributed by atoms with Gasteiger partial charge in [-0.3, -0.25) is 0 Å². The minimum absolute atomic E-state index is 0.391. The molecule has 0 aliphatic heterocycles. The first kappa shape index (κ1) is 13.5. The third-order valence-electron chi connectivity index (χ3n) is 2.74. The van der Waals surface area contributed by atoms with Gasteiger partial charge in [0.2, 0.25) is 0 Å². The maximum Gasteiger partial charge on any atom is 0.488 e. The summed E-state index contributed by atoms with van der Waals surface area (Å²) in [5.74, 6) is 1.36. The molecule has 0 unspecified atom stereocenters. The molecule has 0 spiro atoms. The normalized spacial score (nSPS) is 10.1. The molecule has 2 rings (SSSR count). The fourth-order valence-electron chi connectivity index (χ4n) is 1.69. The molecule has 0 aliphatic rings. The molecule has 2 aromatic rings. The van der Waals surface area contributed by atoms with Gasteiger partial charge in [0, 0.05) is 0 Å². The van der Waals surface area contributed by atoms with Gasteiger partial charge in [0.05, 0.1) is 7.11 Å². The van der Waals surface area contributed by atoms with Gasteiger partial charge < -0.3 is 19.5 Å². The molecule has 5 heteroatoms. The van der Waals surface area contributed by atoms with Crippen molar-refractivity contribution in [2.75, 3.05) is 7.11 Å². The first-order valence-corrected chi connectivity index (χ1v) is 5.91. The van der Waals surface area contributed by atoms with Gasteiger partial charge in [0.25, 0.3) is 0 Å². The van der Waals surface area contributed by atoms with E-state index in [0.29, 0.717) is 23.6 Å². The van der Waals surface area contributed by atoms with Crippen molar-refractivity contribution in [3.8, 4) is 11.5 Å². The van der Waals surface area contributed by atoms with Crippen molar-refractivity contribution in [1.82, 2.24) is 0 Å². The maximum atomic E-state index is 9.00. The van der Waals surface area contributed by atoms with E-state index in [1.165, 1.54) is 0 Å². The van der Waals surface area contributed by atoms with Crippen LogP contribution in [0.5, 0.6) is 11.5 Å². The minimum atomic E-state index is -1.44. The highest BCUT2D eigenvalue weighted by atomic mass is 16.5. The zero-order valence-electron chi connectivity index (χ0n) is 10.6. The second kappa shape index (κ2) is 6.27.